The SMILES string of the molecule is CCO[C@@H]([C@H]1C[C@@H](C)[C@H]2[C@H](O1)[C@H](O)[C@@]1(C)[C@@H]3CC[C@H]4C(C)(C)[C@@H](OC5CNCCO5)CC[C@@]45C[C@@]35CC[C@]21C)C(C)(C)O. The van der Waals surface area contributed by atoms with Crippen LogP contribution in [-0.2, 0) is 18.9 Å². The van der Waals surface area contributed by atoms with Gasteiger partial charge in [-0.2, -0.15) is 0 Å². The van der Waals surface area contributed by atoms with E-state index in [1.807, 2.05) is 20.8 Å². The molecule has 7 heteroatoms. The highest BCUT2D eigenvalue weighted by Gasteiger charge is 2.84. The predicted molar refractivity (Wildman–Crippen MR) is 165 cm³/mol. The predicted octanol–water partition coefficient (Wildman–Crippen LogP) is 5.31. The topological polar surface area (TPSA) is 89.4 Å². The van der Waals surface area contributed by atoms with Gasteiger partial charge in [-0.1, -0.05) is 34.6 Å². The molecule has 14 atom stereocenters. The lowest BCUT2D eigenvalue weighted by Gasteiger charge is -2.64. The lowest BCUT2D eigenvalue weighted by Crippen LogP contribution is -2.60. The van der Waals surface area contributed by atoms with Crippen molar-refractivity contribution in [2.75, 3.05) is 26.3 Å². The number of aliphatic hydroxyl groups excluding tert-OH is 1. The Morgan fingerprint density at radius 3 is 2.42 bits per heavy atom. The first kappa shape index (κ1) is 31.3. The van der Waals surface area contributed by atoms with Crippen LogP contribution in [-0.4, -0.2) is 78.9 Å². The Balaban J connectivity index is 1.16. The van der Waals surface area contributed by atoms with Gasteiger partial charge in [0.25, 0.3) is 0 Å². The van der Waals surface area contributed by atoms with E-state index in [9.17, 15) is 10.2 Å². The molecule has 2 spiro atoms. The van der Waals surface area contributed by atoms with E-state index in [1.165, 1.54) is 38.5 Å². The van der Waals surface area contributed by atoms with E-state index in [-0.39, 0.29) is 40.8 Å². The molecule has 43 heavy (non-hydrogen) atoms. The smallest absolute Gasteiger partial charge is 0.170 e. The Kier molecular flexibility index (Phi) is 7.37. The van der Waals surface area contributed by atoms with Crippen molar-refractivity contribution in [3.05, 3.63) is 0 Å². The molecule has 3 N–H and O–H groups in total. The van der Waals surface area contributed by atoms with Crippen molar-refractivity contribution in [2.24, 2.45) is 50.7 Å². The zero-order valence-electron chi connectivity index (χ0n) is 28.3. The van der Waals surface area contributed by atoms with E-state index in [2.05, 4.69) is 39.9 Å². The fraction of sp³-hybridized carbons (Fsp3) is 1.00. The molecule has 0 amide bonds. The van der Waals surface area contributed by atoms with Gasteiger partial charge in [0.1, 0.15) is 6.10 Å². The second-order valence-electron chi connectivity index (χ2n) is 17.7. The molecular weight excluding hydrogens is 542 g/mol. The molecule has 0 aromatic heterocycles. The molecule has 0 bridgehead atoms. The Morgan fingerprint density at radius 1 is 1.02 bits per heavy atom. The molecule has 0 aromatic rings. The number of ether oxygens (including phenoxy) is 4. The third kappa shape index (κ3) is 4.10. The van der Waals surface area contributed by atoms with Gasteiger partial charge in [0.2, 0.25) is 0 Å². The first-order chi connectivity index (χ1) is 20.2. The molecule has 7 nitrogen and oxygen atoms in total. The summed E-state index contributed by atoms with van der Waals surface area (Å²) in [5, 5.41) is 27.0. The normalized spacial score (nSPS) is 54.4. The Morgan fingerprint density at radius 2 is 1.74 bits per heavy atom. The number of morpholine rings is 1. The molecule has 2 saturated heterocycles. The third-order valence-electron chi connectivity index (χ3n) is 15.4. The number of nitrogens with one attached hydrogen (secondary N) is 1. The second-order valence-corrected chi connectivity index (χ2v) is 17.7. The summed E-state index contributed by atoms with van der Waals surface area (Å²) in [6.45, 7) is 20.9. The third-order valence-corrected chi connectivity index (χ3v) is 15.4. The Bertz CT molecular complexity index is 1070. The average molecular weight is 604 g/mol. The van der Waals surface area contributed by atoms with Gasteiger partial charge in [0.05, 0.1) is 36.6 Å². The van der Waals surface area contributed by atoms with Crippen LogP contribution in [0.1, 0.15) is 107 Å². The van der Waals surface area contributed by atoms with Crippen LogP contribution in [0.5, 0.6) is 0 Å². The minimum absolute atomic E-state index is 0.0327. The van der Waals surface area contributed by atoms with Gasteiger partial charge in [0.15, 0.2) is 6.29 Å². The molecule has 2 heterocycles. The zero-order valence-corrected chi connectivity index (χ0v) is 28.3. The van der Waals surface area contributed by atoms with Gasteiger partial charge in [-0.25, -0.2) is 0 Å². The largest absolute Gasteiger partial charge is 0.390 e. The number of rotatable bonds is 6. The van der Waals surface area contributed by atoms with Crippen molar-refractivity contribution in [1.82, 2.24) is 5.32 Å². The summed E-state index contributed by atoms with van der Waals surface area (Å²) in [5.74, 6) is 1.89. The van der Waals surface area contributed by atoms with Gasteiger partial charge in [-0.3, -0.25) is 0 Å². The fourth-order valence-electron chi connectivity index (χ4n) is 13.5. The molecule has 0 aromatic carbocycles. The van der Waals surface area contributed by atoms with E-state index in [0.717, 1.165) is 32.5 Å². The molecule has 246 valence electrons. The van der Waals surface area contributed by atoms with Gasteiger partial charge in [0, 0.05) is 25.1 Å². The number of aliphatic hydroxyl groups is 2. The number of hydrogen-bond donors (Lipinski definition) is 3. The average Bonchev–Trinajstić information content (AvgIpc) is 3.58. The second kappa shape index (κ2) is 10.1. The quantitative estimate of drug-likeness (QED) is 0.379. The summed E-state index contributed by atoms with van der Waals surface area (Å²) in [6, 6.07) is 0. The molecule has 2 aliphatic heterocycles. The summed E-state index contributed by atoms with van der Waals surface area (Å²) >= 11 is 0. The Hall–Kier alpha value is -0.280. The maximum atomic E-state index is 12.5. The van der Waals surface area contributed by atoms with Gasteiger partial charge < -0.3 is 34.5 Å². The summed E-state index contributed by atoms with van der Waals surface area (Å²) in [4.78, 5) is 0. The minimum atomic E-state index is -1.00. The van der Waals surface area contributed by atoms with E-state index in [4.69, 9.17) is 18.9 Å². The number of fused-ring (bicyclic) bond motifs is 4. The molecule has 1 unspecified atom stereocenters. The summed E-state index contributed by atoms with van der Waals surface area (Å²) in [7, 11) is 0. The van der Waals surface area contributed by atoms with Gasteiger partial charge in [-0.15, -0.1) is 0 Å². The molecule has 7 rings (SSSR count). The molecular formula is C36H61NO6. The van der Waals surface area contributed by atoms with E-state index < -0.39 is 17.8 Å². The molecule has 7 aliphatic rings. The van der Waals surface area contributed by atoms with Crippen LogP contribution in [0.2, 0.25) is 0 Å². The molecule has 0 radical (unpaired) electrons. The fourth-order valence-corrected chi connectivity index (χ4v) is 13.5. The number of hydrogen-bond acceptors (Lipinski definition) is 7. The van der Waals surface area contributed by atoms with Crippen molar-refractivity contribution in [1.29, 1.82) is 0 Å². The van der Waals surface area contributed by atoms with E-state index in [0.29, 0.717) is 41.1 Å². The first-order valence-corrected chi connectivity index (χ1v) is 17.8. The summed E-state index contributed by atoms with van der Waals surface area (Å²) in [5.41, 5.74) is -0.354. The van der Waals surface area contributed by atoms with Crippen molar-refractivity contribution >= 4 is 0 Å². The van der Waals surface area contributed by atoms with Crippen LogP contribution in [0.25, 0.3) is 0 Å². The summed E-state index contributed by atoms with van der Waals surface area (Å²) < 4.78 is 25.7. The maximum Gasteiger partial charge on any atom is 0.170 e. The monoisotopic (exact) mass is 603 g/mol. The highest BCUT2D eigenvalue weighted by atomic mass is 16.7. The highest BCUT2D eigenvalue weighted by Crippen LogP contribution is 2.89. The van der Waals surface area contributed by atoms with Crippen LogP contribution in [0.4, 0.5) is 0 Å². The first-order valence-electron chi connectivity index (χ1n) is 17.8. The van der Waals surface area contributed by atoms with Gasteiger partial charge >= 0.3 is 0 Å². The lowest BCUT2D eigenvalue weighted by molar-refractivity contribution is -0.237. The molecule has 5 saturated carbocycles. The summed E-state index contributed by atoms with van der Waals surface area (Å²) in [6.07, 6.45) is 8.19. The lowest BCUT2D eigenvalue weighted by atomic mass is 9.41. The Labute approximate surface area is 260 Å². The molecule has 5 aliphatic carbocycles. The van der Waals surface area contributed by atoms with Gasteiger partial charge in [-0.05, 0) is 117 Å². The minimum Gasteiger partial charge on any atom is -0.390 e. The van der Waals surface area contributed by atoms with E-state index >= 15 is 0 Å². The van der Waals surface area contributed by atoms with Crippen molar-refractivity contribution in [2.45, 2.75) is 149 Å². The zero-order chi connectivity index (χ0) is 30.8. The van der Waals surface area contributed by atoms with E-state index in [1.54, 1.807) is 0 Å². The van der Waals surface area contributed by atoms with Crippen LogP contribution in [0.3, 0.4) is 0 Å². The standard InChI is InChI=1S/C36H61NO6/c1-9-40-30(32(5,6)39)22-18-21(2)27-28(42-22)29(38)34(8)24-11-10-23-31(3,4)25(43-26-19-37-16-17-41-26)12-13-35(23)20-36(24,35)15-14-33(27,34)7/h21-30,37-39H,9-20H2,1-8H3/t21-,22-,23+,24+,25+,26?,27+,28+,29+,30+,33-,34-,35-,36+/m1/s1. The van der Waals surface area contributed by atoms with Crippen LogP contribution < -0.4 is 5.32 Å². The van der Waals surface area contributed by atoms with Crippen LogP contribution in [0.15, 0.2) is 0 Å². The van der Waals surface area contributed by atoms with Crippen molar-refractivity contribution < 1.29 is 29.2 Å². The van der Waals surface area contributed by atoms with Crippen LogP contribution >= 0.6 is 0 Å². The van der Waals surface area contributed by atoms with Crippen molar-refractivity contribution in [3.63, 3.8) is 0 Å². The van der Waals surface area contributed by atoms with Crippen LogP contribution in [0, 0.1) is 50.7 Å². The highest BCUT2D eigenvalue weighted by molar-refractivity contribution is 5.33. The maximum absolute atomic E-state index is 12.5. The molecule has 7 fully saturated rings. The van der Waals surface area contributed by atoms with Crippen molar-refractivity contribution in [3.8, 4) is 0 Å².